The molecule has 1 nitrogen and oxygen atoms in total. The third-order valence-corrected chi connectivity index (χ3v) is 15.8. The molecule has 2 unspecified atom stereocenters. The second-order valence-electron chi connectivity index (χ2n) is 19.0. The Bertz CT molecular complexity index is 3610. The van der Waals surface area contributed by atoms with Crippen molar-refractivity contribution in [1.82, 2.24) is 0 Å². The van der Waals surface area contributed by atoms with Crippen molar-refractivity contribution in [3.05, 3.63) is 206 Å². The maximum absolute atomic E-state index is 2.71. The van der Waals surface area contributed by atoms with Crippen molar-refractivity contribution in [1.29, 1.82) is 0 Å². The van der Waals surface area contributed by atoms with Gasteiger partial charge in [0.2, 0.25) is 0 Å². The Morgan fingerprint density at radius 1 is 0.359 bits per heavy atom. The first kappa shape index (κ1) is 37.3. The molecule has 0 aromatic heterocycles. The molecule has 13 rings (SSSR count). The van der Waals surface area contributed by atoms with Crippen molar-refractivity contribution in [2.75, 3.05) is 4.90 Å². The summed E-state index contributed by atoms with van der Waals surface area (Å²) in [7, 11) is 0. The largest absolute Gasteiger partial charge is 0.334 e. The van der Waals surface area contributed by atoms with Crippen molar-refractivity contribution in [3.63, 3.8) is 0 Å². The average Bonchev–Trinajstić information content (AvgIpc) is 3.41. The van der Waals surface area contributed by atoms with Gasteiger partial charge in [-0.05, 0) is 160 Å². The van der Waals surface area contributed by atoms with E-state index in [0.29, 0.717) is 0 Å². The molecule has 0 spiro atoms. The first-order chi connectivity index (χ1) is 31.5. The van der Waals surface area contributed by atoms with Gasteiger partial charge in [-0.2, -0.15) is 0 Å². The number of hydrogen-bond donors (Lipinski definition) is 0. The van der Waals surface area contributed by atoms with E-state index in [9.17, 15) is 0 Å². The van der Waals surface area contributed by atoms with Gasteiger partial charge in [-0.3, -0.25) is 0 Å². The van der Waals surface area contributed by atoms with Crippen LogP contribution in [-0.2, 0) is 5.41 Å². The van der Waals surface area contributed by atoms with Crippen molar-refractivity contribution < 1.29 is 0 Å². The van der Waals surface area contributed by atoms with Gasteiger partial charge in [0.1, 0.15) is 0 Å². The number of para-hydroxylation sites is 1. The lowest BCUT2D eigenvalue weighted by Gasteiger charge is -2.46. The van der Waals surface area contributed by atoms with Gasteiger partial charge in [0.05, 0.1) is 5.54 Å². The first-order valence-corrected chi connectivity index (χ1v) is 23.3. The van der Waals surface area contributed by atoms with Gasteiger partial charge in [-0.1, -0.05) is 190 Å². The quantitative estimate of drug-likeness (QED) is 0.156. The highest BCUT2D eigenvalue weighted by Gasteiger charge is 2.56. The van der Waals surface area contributed by atoms with Crippen LogP contribution in [0.3, 0.4) is 0 Å². The van der Waals surface area contributed by atoms with Crippen LogP contribution < -0.4 is 4.90 Å². The molecule has 1 fully saturated rings. The smallest absolute Gasteiger partial charge is 0.0517 e. The van der Waals surface area contributed by atoms with Gasteiger partial charge >= 0.3 is 0 Å². The normalized spacial score (nSPS) is 18.6. The van der Waals surface area contributed by atoms with Crippen molar-refractivity contribution in [3.8, 4) is 44.5 Å². The second kappa shape index (κ2) is 14.1. The highest BCUT2D eigenvalue weighted by Crippen LogP contribution is 2.61. The number of anilines is 2. The molecule has 64 heavy (non-hydrogen) atoms. The zero-order valence-electron chi connectivity index (χ0n) is 36.5. The maximum Gasteiger partial charge on any atom is 0.0517 e. The van der Waals surface area contributed by atoms with E-state index in [1.165, 1.54) is 147 Å². The van der Waals surface area contributed by atoms with E-state index >= 15 is 0 Å². The molecular weight excluding hydrogens is 771 g/mol. The number of rotatable bonds is 5. The highest BCUT2D eigenvalue weighted by molar-refractivity contribution is 6.32. The number of hydrogen-bond acceptors (Lipinski definition) is 1. The minimum Gasteiger partial charge on any atom is -0.334 e. The number of nitrogens with zero attached hydrogens (tertiary/aromatic N) is 1. The maximum atomic E-state index is 2.71. The Morgan fingerprint density at radius 2 is 0.859 bits per heavy atom. The standard InChI is InChI=1S/C63H49N/c1-62-36-14-5-15-37-63(62,2)64(45-24-8-4-9-25-45)59-35-30-44(38-58(59)62)55-40-57(49-29-17-23-42-21-11-13-27-47(42)49)53-33-31-50-54(43-18-6-3-7-19-43)39-56(52-34-32-51(55)61(53)60(50)52)48-28-16-22-41-20-10-12-26-46(41)48/h3-4,6-13,16-35,38-40H,5,14-15,36-37H2,1-2H3. The highest BCUT2D eigenvalue weighted by atomic mass is 15.2. The van der Waals surface area contributed by atoms with E-state index in [1.807, 2.05) is 0 Å². The lowest BCUT2D eigenvalue weighted by atomic mass is 9.66. The molecule has 2 atom stereocenters. The summed E-state index contributed by atoms with van der Waals surface area (Å²) in [6, 6.07) is 75.8. The van der Waals surface area contributed by atoms with Crippen molar-refractivity contribution in [2.45, 2.75) is 56.9 Å². The molecule has 1 saturated carbocycles. The topological polar surface area (TPSA) is 3.24 Å². The Balaban J connectivity index is 1.16. The fourth-order valence-electron chi connectivity index (χ4n) is 12.5. The molecule has 11 aromatic rings. The molecule has 0 saturated heterocycles. The molecule has 1 aliphatic heterocycles. The predicted octanol–water partition coefficient (Wildman–Crippen LogP) is 17.7. The Morgan fingerprint density at radius 3 is 1.47 bits per heavy atom. The van der Waals surface area contributed by atoms with Crippen LogP contribution in [-0.4, -0.2) is 5.54 Å². The molecule has 1 aliphatic carbocycles. The molecule has 306 valence electrons. The zero-order chi connectivity index (χ0) is 42.6. The summed E-state index contributed by atoms with van der Waals surface area (Å²) >= 11 is 0. The summed E-state index contributed by atoms with van der Waals surface area (Å²) in [5.74, 6) is 0. The van der Waals surface area contributed by atoms with Crippen LogP contribution in [0.5, 0.6) is 0 Å². The van der Waals surface area contributed by atoms with Gasteiger partial charge < -0.3 is 4.90 Å². The Kier molecular flexibility index (Phi) is 8.25. The number of benzene rings is 11. The third-order valence-electron chi connectivity index (χ3n) is 15.8. The Hall–Kier alpha value is -7.22. The molecule has 11 aromatic carbocycles. The summed E-state index contributed by atoms with van der Waals surface area (Å²) in [5.41, 5.74) is 14.3. The fraction of sp³-hybridized carbons (Fsp3) is 0.143. The van der Waals surface area contributed by atoms with E-state index < -0.39 is 0 Å². The second-order valence-corrected chi connectivity index (χ2v) is 19.0. The van der Waals surface area contributed by atoms with Crippen LogP contribution in [0.15, 0.2) is 200 Å². The molecule has 0 amide bonds. The Labute approximate surface area is 375 Å². The lowest BCUT2D eigenvalue weighted by molar-refractivity contribution is 0.261. The van der Waals surface area contributed by atoms with Crippen LogP contribution in [0.2, 0.25) is 0 Å². The molecule has 1 heteroatoms. The lowest BCUT2D eigenvalue weighted by Crippen LogP contribution is -2.52. The molecule has 0 bridgehead atoms. The van der Waals surface area contributed by atoms with Crippen LogP contribution in [0.4, 0.5) is 11.4 Å². The summed E-state index contributed by atoms with van der Waals surface area (Å²) < 4.78 is 0. The molecule has 0 N–H and O–H groups in total. The summed E-state index contributed by atoms with van der Waals surface area (Å²) in [6.45, 7) is 5.13. The third kappa shape index (κ3) is 5.31. The van der Waals surface area contributed by atoms with Gasteiger partial charge in [-0.15, -0.1) is 0 Å². The minimum atomic E-state index is -0.0333. The zero-order valence-corrected chi connectivity index (χ0v) is 36.5. The van der Waals surface area contributed by atoms with Gasteiger partial charge in [0.25, 0.3) is 0 Å². The monoisotopic (exact) mass is 819 g/mol. The van der Waals surface area contributed by atoms with E-state index in [4.69, 9.17) is 0 Å². The van der Waals surface area contributed by atoms with E-state index in [0.717, 1.165) is 0 Å². The summed E-state index contributed by atoms with van der Waals surface area (Å²) in [6.07, 6.45) is 6.16. The predicted molar refractivity (Wildman–Crippen MR) is 274 cm³/mol. The first-order valence-electron chi connectivity index (χ1n) is 23.3. The summed E-state index contributed by atoms with van der Waals surface area (Å²) in [4.78, 5) is 2.71. The molecule has 2 aliphatic rings. The van der Waals surface area contributed by atoms with Crippen molar-refractivity contribution >= 4 is 65.2 Å². The van der Waals surface area contributed by atoms with Crippen LogP contribution in [0.1, 0.15) is 51.5 Å². The van der Waals surface area contributed by atoms with Crippen molar-refractivity contribution in [2.24, 2.45) is 0 Å². The van der Waals surface area contributed by atoms with E-state index in [1.54, 1.807) is 0 Å². The minimum absolute atomic E-state index is 0.00905. The fourth-order valence-corrected chi connectivity index (χ4v) is 12.5. The van der Waals surface area contributed by atoms with Crippen LogP contribution in [0, 0.1) is 0 Å². The SMILES string of the molecule is CC12CCCCCC1(C)N(c1ccccc1)c1ccc(-c3cc(-c4cccc5ccccc45)c4ccc5c(-c6ccccc6)cc(-c6cccc7ccccc67)c6ccc3c4c56)cc12. The summed E-state index contributed by atoms with van der Waals surface area (Å²) in [5, 5.41) is 12.9. The molecule has 1 heterocycles. The average molecular weight is 820 g/mol. The number of fused-ring (bicyclic) bond motifs is 5. The van der Waals surface area contributed by atoms with Crippen LogP contribution >= 0.6 is 0 Å². The van der Waals surface area contributed by atoms with E-state index in [-0.39, 0.29) is 11.0 Å². The van der Waals surface area contributed by atoms with Crippen LogP contribution in [0.25, 0.3) is 98.4 Å². The van der Waals surface area contributed by atoms with Gasteiger partial charge in [-0.25, -0.2) is 0 Å². The van der Waals surface area contributed by atoms with E-state index in [2.05, 4.69) is 219 Å². The van der Waals surface area contributed by atoms with Gasteiger partial charge in [0, 0.05) is 16.8 Å². The molecule has 0 radical (unpaired) electrons. The van der Waals surface area contributed by atoms with Gasteiger partial charge in [0.15, 0.2) is 0 Å². The molecular formula is C63H49N.